The summed E-state index contributed by atoms with van der Waals surface area (Å²) in [6, 6.07) is 9.82. The predicted molar refractivity (Wildman–Crippen MR) is 74.3 cm³/mol. The van der Waals surface area contributed by atoms with Gasteiger partial charge in [0.1, 0.15) is 0 Å². The number of nitrogens with two attached hydrogens (primary N) is 1. The van der Waals surface area contributed by atoms with E-state index in [0.717, 1.165) is 6.42 Å². The number of nitrogens with one attached hydrogen (secondary N) is 1. The normalized spacial score (nSPS) is 24.6. The largest absolute Gasteiger partial charge is 0.382 e. The summed E-state index contributed by atoms with van der Waals surface area (Å²) in [5, 5.41) is 3.60. The molecular formula is C15H24N2. The number of anilines is 1. The summed E-state index contributed by atoms with van der Waals surface area (Å²) in [4.78, 5) is 0. The molecule has 0 radical (unpaired) electrons. The highest BCUT2D eigenvalue weighted by Crippen LogP contribution is 2.21. The van der Waals surface area contributed by atoms with Crippen molar-refractivity contribution in [3.8, 4) is 0 Å². The fourth-order valence-electron chi connectivity index (χ4n) is 2.65. The van der Waals surface area contributed by atoms with Gasteiger partial charge < -0.3 is 11.1 Å². The van der Waals surface area contributed by atoms with Crippen molar-refractivity contribution in [3.05, 3.63) is 29.8 Å². The molecule has 17 heavy (non-hydrogen) atoms. The van der Waals surface area contributed by atoms with Gasteiger partial charge in [0.25, 0.3) is 0 Å². The molecule has 94 valence electrons. The minimum absolute atomic E-state index is 0.389. The molecule has 1 saturated carbocycles. The van der Waals surface area contributed by atoms with Gasteiger partial charge in [0, 0.05) is 17.8 Å². The lowest BCUT2D eigenvalue weighted by atomic mass is 9.91. The van der Waals surface area contributed by atoms with Gasteiger partial charge in [0.15, 0.2) is 0 Å². The van der Waals surface area contributed by atoms with E-state index in [1.54, 1.807) is 0 Å². The molecule has 0 aliphatic heterocycles. The smallest absolute Gasteiger partial charge is 0.0342 e. The van der Waals surface area contributed by atoms with E-state index in [4.69, 9.17) is 5.73 Å². The van der Waals surface area contributed by atoms with Gasteiger partial charge in [-0.2, -0.15) is 0 Å². The van der Waals surface area contributed by atoms with Crippen molar-refractivity contribution in [3.63, 3.8) is 0 Å². The van der Waals surface area contributed by atoms with Crippen LogP contribution in [0.2, 0.25) is 0 Å². The molecule has 2 unspecified atom stereocenters. The molecule has 1 aromatic carbocycles. The Morgan fingerprint density at radius 1 is 1.24 bits per heavy atom. The number of hydrogen-bond acceptors (Lipinski definition) is 2. The maximum absolute atomic E-state index is 6.00. The molecule has 1 aromatic rings. The molecule has 3 N–H and O–H groups in total. The van der Waals surface area contributed by atoms with Gasteiger partial charge in [-0.3, -0.25) is 0 Å². The Morgan fingerprint density at radius 2 is 2.00 bits per heavy atom. The Bertz CT molecular complexity index is 331. The van der Waals surface area contributed by atoms with Crippen LogP contribution in [0.25, 0.3) is 0 Å². The van der Waals surface area contributed by atoms with Crippen molar-refractivity contribution in [2.45, 2.75) is 57.5 Å². The highest BCUT2D eigenvalue weighted by Gasteiger charge is 2.18. The number of benzene rings is 1. The lowest BCUT2D eigenvalue weighted by Crippen LogP contribution is -2.34. The Labute approximate surface area is 105 Å². The molecule has 0 bridgehead atoms. The van der Waals surface area contributed by atoms with Gasteiger partial charge in [-0.05, 0) is 49.8 Å². The van der Waals surface area contributed by atoms with Crippen LogP contribution in [0.4, 0.5) is 5.69 Å². The van der Waals surface area contributed by atoms with E-state index in [2.05, 4.69) is 36.5 Å². The third-order valence-corrected chi connectivity index (χ3v) is 3.58. The third-order valence-electron chi connectivity index (χ3n) is 3.58. The van der Waals surface area contributed by atoms with E-state index in [0.29, 0.717) is 12.1 Å². The van der Waals surface area contributed by atoms with Gasteiger partial charge in [-0.1, -0.05) is 25.5 Å². The van der Waals surface area contributed by atoms with Crippen LogP contribution in [0.5, 0.6) is 0 Å². The van der Waals surface area contributed by atoms with E-state index in [1.807, 2.05) is 0 Å². The summed E-state index contributed by atoms with van der Waals surface area (Å²) in [6.45, 7) is 2.22. The van der Waals surface area contributed by atoms with Crippen LogP contribution in [0.1, 0.15) is 44.6 Å². The summed E-state index contributed by atoms with van der Waals surface area (Å²) < 4.78 is 0. The minimum Gasteiger partial charge on any atom is -0.382 e. The van der Waals surface area contributed by atoms with Crippen molar-refractivity contribution in [2.24, 2.45) is 5.73 Å². The van der Waals surface area contributed by atoms with Crippen LogP contribution >= 0.6 is 0 Å². The van der Waals surface area contributed by atoms with Crippen LogP contribution in [0.15, 0.2) is 24.3 Å². The van der Waals surface area contributed by atoms with E-state index in [-0.39, 0.29) is 0 Å². The van der Waals surface area contributed by atoms with Crippen molar-refractivity contribution >= 4 is 5.69 Å². The number of rotatable bonds is 4. The summed E-state index contributed by atoms with van der Waals surface area (Å²) in [7, 11) is 0. The number of aryl methyl sites for hydroxylation is 1. The highest BCUT2D eigenvalue weighted by atomic mass is 14.9. The molecule has 2 rings (SSSR count). The molecule has 2 nitrogen and oxygen atoms in total. The van der Waals surface area contributed by atoms with Gasteiger partial charge in [0.2, 0.25) is 0 Å². The van der Waals surface area contributed by atoms with Crippen LogP contribution in [-0.4, -0.2) is 12.1 Å². The topological polar surface area (TPSA) is 38.0 Å². The van der Waals surface area contributed by atoms with Gasteiger partial charge in [-0.25, -0.2) is 0 Å². The summed E-state index contributed by atoms with van der Waals surface area (Å²) in [5.41, 5.74) is 8.67. The lowest BCUT2D eigenvalue weighted by Gasteiger charge is -2.28. The molecule has 0 spiro atoms. The maximum Gasteiger partial charge on any atom is 0.0342 e. The Morgan fingerprint density at radius 3 is 2.65 bits per heavy atom. The first-order chi connectivity index (χ1) is 8.28. The van der Waals surface area contributed by atoms with Crippen molar-refractivity contribution in [1.82, 2.24) is 0 Å². The Kier molecular flexibility index (Phi) is 4.43. The Balaban J connectivity index is 1.89. The summed E-state index contributed by atoms with van der Waals surface area (Å²) >= 11 is 0. The van der Waals surface area contributed by atoms with Crippen LogP contribution in [-0.2, 0) is 6.42 Å². The highest BCUT2D eigenvalue weighted by molar-refractivity contribution is 5.45. The first-order valence-corrected chi connectivity index (χ1v) is 6.89. The summed E-state index contributed by atoms with van der Waals surface area (Å²) in [6.07, 6.45) is 7.19. The first-order valence-electron chi connectivity index (χ1n) is 6.89. The zero-order chi connectivity index (χ0) is 12.1. The average molecular weight is 232 g/mol. The molecule has 1 fully saturated rings. The molecule has 1 aliphatic carbocycles. The van der Waals surface area contributed by atoms with Gasteiger partial charge in [-0.15, -0.1) is 0 Å². The quantitative estimate of drug-likeness (QED) is 0.835. The van der Waals surface area contributed by atoms with Crippen LogP contribution in [0.3, 0.4) is 0 Å². The second kappa shape index (κ2) is 6.06. The minimum atomic E-state index is 0.389. The third kappa shape index (κ3) is 3.74. The maximum atomic E-state index is 6.00. The molecule has 2 heteroatoms. The van der Waals surface area contributed by atoms with Crippen LogP contribution < -0.4 is 11.1 Å². The van der Waals surface area contributed by atoms with Gasteiger partial charge >= 0.3 is 0 Å². The molecule has 0 saturated heterocycles. The standard InChI is InChI=1S/C15H24N2/c1-2-4-12-7-9-14(10-8-12)17-15-6-3-5-13(16)11-15/h7-10,13,15,17H,2-6,11,16H2,1H3. The van der Waals surface area contributed by atoms with Crippen molar-refractivity contribution in [2.75, 3.05) is 5.32 Å². The fourth-order valence-corrected chi connectivity index (χ4v) is 2.65. The average Bonchev–Trinajstić information content (AvgIpc) is 2.32. The fraction of sp³-hybridized carbons (Fsp3) is 0.600. The second-order valence-electron chi connectivity index (χ2n) is 5.21. The molecule has 1 aliphatic rings. The molecule has 2 atom stereocenters. The van der Waals surface area contributed by atoms with Crippen molar-refractivity contribution < 1.29 is 0 Å². The monoisotopic (exact) mass is 232 g/mol. The van der Waals surface area contributed by atoms with Crippen LogP contribution in [0, 0.1) is 0 Å². The summed E-state index contributed by atoms with van der Waals surface area (Å²) in [5.74, 6) is 0. The molecular weight excluding hydrogens is 208 g/mol. The van der Waals surface area contributed by atoms with E-state index in [9.17, 15) is 0 Å². The van der Waals surface area contributed by atoms with E-state index < -0.39 is 0 Å². The Hall–Kier alpha value is -1.02. The predicted octanol–water partition coefficient (Wildman–Crippen LogP) is 3.32. The number of hydrogen-bond donors (Lipinski definition) is 2. The molecule has 0 heterocycles. The van der Waals surface area contributed by atoms with Gasteiger partial charge in [0.05, 0.1) is 0 Å². The SMILES string of the molecule is CCCc1ccc(NC2CCCC(N)C2)cc1. The second-order valence-corrected chi connectivity index (χ2v) is 5.21. The first kappa shape index (κ1) is 12.4. The van der Waals surface area contributed by atoms with E-state index >= 15 is 0 Å². The van der Waals surface area contributed by atoms with E-state index in [1.165, 1.54) is 43.4 Å². The lowest BCUT2D eigenvalue weighted by molar-refractivity contribution is 0.409. The zero-order valence-electron chi connectivity index (χ0n) is 10.8. The van der Waals surface area contributed by atoms with Crippen molar-refractivity contribution in [1.29, 1.82) is 0 Å². The molecule has 0 amide bonds. The zero-order valence-corrected chi connectivity index (χ0v) is 10.8. The molecule has 0 aromatic heterocycles.